The molecule has 0 radical (unpaired) electrons. The van der Waals surface area contributed by atoms with Gasteiger partial charge in [0.2, 0.25) is 0 Å². The van der Waals surface area contributed by atoms with Crippen molar-refractivity contribution in [2.24, 2.45) is 0 Å². The Hall–Kier alpha value is -0.120. The summed E-state index contributed by atoms with van der Waals surface area (Å²) in [6, 6.07) is 1.26. The van der Waals surface area contributed by atoms with Gasteiger partial charge >= 0.3 is 0 Å². The fraction of sp³-hybridized carbons (Fsp3) is 1.00. The smallest absolute Gasteiger partial charge is 0.0750 e. The molecule has 1 aliphatic heterocycles. The number of hydrogen-bond acceptors (Lipinski definition) is 3. The molecular formula is C15H32N2O. The molecule has 0 aliphatic carbocycles. The van der Waals surface area contributed by atoms with Crippen molar-refractivity contribution in [1.29, 1.82) is 0 Å². The van der Waals surface area contributed by atoms with Gasteiger partial charge in [-0.1, -0.05) is 12.8 Å². The number of rotatable bonds is 7. The van der Waals surface area contributed by atoms with Gasteiger partial charge < -0.3 is 15.4 Å². The average molecular weight is 256 g/mol. The normalized spacial score (nSPS) is 23.7. The van der Waals surface area contributed by atoms with E-state index in [0.717, 1.165) is 13.2 Å². The lowest BCUT2D eigenvalue weighted by molar-refractivity contribution is -0.0106. The van der Waals surface area contributed by atoms with Gasteiger partial charge in [-0.3, -0.25) is 0 Å². The van der Waals surface area contributed by atoms with Crippen molar-refractivity contribution in [1.82, 2.24) is 10.6 Å². The molecule has 0 amide bonds. The maximum Gasteiger partial charge on any atom is 0.0750 e. The van der Waals surface area contributed by atoms with Gasteiger partial charge in [0, 0.05) is 25.2 Å². The Balaban J connectivity index is 2.21. The minimum absolute atomic E-state index is 0.0557. The fourth-order valence-electron chi connectivity index (χ4n) is 2.67. The molecule has 0 aromatic carbocycles. The summed E-state index contributed by atoms with van der Waals surface area (Å²) in [6.45, 7) is 11.6. The maximum absolute atomic E-state index is 5.71. The van der Waals surface area contributed by atoms with E-state index in [0.29, 0.717) is 12.1 Å². The summed E-state index contributed by atoms with van der Waals surface area (Å²) in [5.74, 6) is 0. The first-order valence-corrected chi connectivity index (χ1v) is 7.64. The maximum atomic E-state index is 5.71. The van der Waals surface area contributed by atoms with Crippen LogP contribution in [0.25, 0.3) is 0 Å². The van der Waals surface area contributed by atoms with Crippen LogP contribution >= 0.6 is 0 Å². The van der Waals surface area contributed by atoms with E-state index in [-0.39, 0.29) is 5.60 Å². The van der Waals surface area contributed by atoms with Gasteiger partial charge in [-0.25, -0.2) is 0 Å². The van der Waals surface area contributed by atoms with Crippen LogP contribution < -0.4 is 10.6 Å². The molecule has 0 aromatic rings. The van der Waals surface area contributed by atoms with E-state index < -0.39 is 0 Å². The Bertz CT molecular complexity index is 211. The Morgan fingerprint density at radius 2 is 2.11 bits per heavy atom. The first kappa shape index (κ1) is 15.9. The molecule has 0 bridgehead atoms. The Kier molecular flexibility index (Phi) is 7.20. The van der Waals surface area contributed by atoms with Crippen LogP contribution in [0.1, 0.15) is 59.8 Å². The number of nitrogens with one attached hydrogen (secondary N) is 2. The molecule has 2 atom stereocenters. The van der Waals surface area contributed by atoms with E-state index in [9.17, 15) is 0 Å². The second-order valence-electron chi connectivity index (χ2n) is 6.21. The third-order valence-electron chi connectivity index (χ3n) is 3.71. The summed E-state index contributed by atoms with van der Waals surface area (Å²) < 4.78 is 5.71. The summed E-state index contributed by atoms with van der Waals surface area (Å²) in [5, 5.41) is 7.27. The fourth-order valence-corrected chi connectivity index (χ4v) is 2.67. The molecular weight excluding hydrogens is 224 g/mol. The molecule has 2 N–H and O–H groups in total. The van der Waals surface area contributed by atoms with Crippen molar-refractivity contribution in [3.63, 3.8) is 0 Å². The van der Waals surface area contributed by atoms with Crippen molar-refractivity contribution < 1.29 is 4.74 Å². The summed E-state index contributed by atoms with van der Waals surface area (Å²) in [6.07, 6.45) is 6.68. The first-order valence-electron chi connectivity index (χ1n) is 7.64. The molecule has 3 heteroatoms. The SMILES string of the molecule is CCOC(C)(C)CNC(C)CC1CCCCCN1. The minimum atomic E-state index is -0.0557. The highest BCUT2D eigenvalue weighted by Crippen LogP contribution is 2.13. The molecule has 1 rings (SSSR count). The molecule has 0 aromatic heterocycles. The van der Waals surface area contributed by atoms with Crippen LogP contribution in [0.5, 0.6) is 0 Å². The molecule has 3 nitrogen and oxygen atoms in total. The zero-order chi connectivity index (χ0) is 13.4. The van der Waals surface area contributed by atoms with Crippen LogP contribution in [0.3, 0.4) is 0 Å². The summed E-state index contributed by atoms with van der Waals surface area (Å²) in [7, 11) is 0. The summed E-state index contributed by atoms with van der Waals surface area (Å²) in [4.78, 5) is 0. The average Bonchev–Trinajstić information content (AvgIpc) is 2.55. The summed E-state index contributed by atoms with van der Waals surface area (Å²) >= 11 is 0. The zero-order valence-corrected chi connectivity index (χ0v) is 12.7. The molecule has 0 saturated carbocycles. The van der Waals surface area contributed by atoms with Crippen molar-refractivity contribution in [3.05, 3.63) is 0 Å². The van der Waals surface area contributed by atoms with Crippen LogP contribution in [0.15, 0.2) is 0 Å². The third kappa shape index (κ3) is 6.72. The second kappa shape index (κ2) is 8.13. The van der Waals surface area contributed by atoms with Gasteiger partial charge in [-0.2, -0.15) is 0 Å². The largest absolute Gasteiger partial charge is 0.375 e. The van der Waals surface area contributed by atoms with Gasteiger partial charge in [0.1, 0.15) is 0 Å². The number of ether oxygens (including phenoxy) is 1. The van der Waals surface area contributed by atoms with E-state index in [4.69, 9.17) is 4.74 Å². The van der Waals surface area contributed by atoms with E-state index in [1.54, 1.807) is 0 Å². The minimum Gasteiger partial charge on any atom is -0.375 e. The molecule has 2 unspecified atom stereocenters. The van der Waals surface area contributed by atoms with E-state index in [2.05, 4.69) is 38.3 Å². The molecule has 18 heavy (non-hydrogen) atoms. The molecule has 0 spiro atoms. The lowest BCUT2D eigenvalue weighted by atomic mass is 10.0. The highest BCUT2D eigenvalue weighted by atomic mass is 16.5. The molecule has 1 fully saturated rings. The van der Waals surface area contributed by atoms with Crippen LogP contribution in [0.4, 0.5) is 0 Å². The molecule has 1 heterocycles. The highest BCUT2D eigenvalue weighted by molar-refractivity contribution is 4.79. The summed E-state index contributed by atoms with van der Waals surface area (Å²) in [5.41, 5.74) is -0.0557. The van der Waals surface area contributed by atoms with Crippen LogP contribution in [0, 0.1) is 0 Å². The Labute approximate surface area is 113 Å². The second-order valence-corrected chi connectivity index (χ2v) is 6.21. The van der Waals surface area contributed by atoms with Crippen LogP contribution in [0.2, 0.25) is 0 Å². The van der Waals surface area contributed by atoms with Crippen molar-refractivity contribution in [2.45, 2.75) is 77.5 Å². The lowest BCUT2D eigenvalue weighted by Crippen LogP contribution is -2.44. The predicted octanol–water partition coefficient (Wildman–Crippen LogP) is 2.70. The van der Waals surface area contributed by atoms with Gasteiger partial charge in [0.05, 0.1) is 5.60 Å². The van der Waals surface area contributed by atoms with Crippen LogP contribution in [-0.4, -0.2) is 37.4 Å². The Morgan fingerprint density at radius 1 is 1.33 bits per heavy atom. The zero-order valence-electron chi connectivity index (χ0n) is 12.7. The van der Waals surface area contributed by atoms with E-state index in [1.807, 2.05) is 0 Å². The molecule has 108 valence electrons. The monoisotopic (exact) mass is 256 g/mol. The quantitative estimate of drug-likeness (QED) is 0.735. The van der Waals surface area contributed by atoms with E-state index in [1.165, 1.54) is 38.6 Å². The van der Waals surface area contributed by atoms with Crippen LogP contribution in [-0.2, 0) is 4.74 Å². The number of hydrogen-bond donors (Lipinski definition) is 2. The predicted molar refractivity (Wildman–Crippen MR) is 78.0 cm³/mol. The standard InChI is InChI=1S/C15H32N2O/c1-5-18-15(3,4)12-17-13(2)11-14-9-7-6-8-10-16-14/h13-14,16-17H,5-12H2,1-4H3. The van der Waals surface area contributed by atoms with Gasteiger partial charge in [-0.05, 0) is 53.5 Å². The van der Waals surface area contributed by atoms with Gasteiger partial charge in [0.15, 0.2) is 0 Å². The van der Waals surface area contributed by atoms with Crippen molar-refractivity contribution in [2.75, 3.05) is 19.7 Å². The third-order valence-corrected chi connectivity index (χ3v) is 3.71. The highest BCUT2D eigenvalue weighted by Gasteiger charge is 2.20. The van der Waals surface area contributed by atoms with Gasteiger partial charge in [-0.15, -0.1) is 0 Å². The topological polar surface area (TPSA) is 33.3 Å². The lowest BCUT2D eigenvalue weighted by Gasteiger charge is -2.28. The first-order chi connectivity index (χ1) is 8.53. The van der Waals surface area contributed by atoms with E-state index >= 15 is 0 Å². The Morgan fingerprint density at radius 3 is 2.83 bits per heavy atom. The van der Waals surface area contributed by atoms with Crippen molar-refractivity contribution in [3.8, 4) is 0 Å². The van der Waals surface area contributed by atoms with Crippen molar-refractivity contribution >= 4 is 0 Å². The molecule has 1 saturated heterocycles. The van der Waals surface area contributed by atoms with Gasteiger partial charge in [0.25, 0.3) is 0 Å². The molecule has 1 aliphatic rings.